The van der Waals surface area contributed by atoms with Crippen LogP contribution in [0.25, 0.3) is 10.2 Å². The standard InChI is InChI=1S/C19H12N6O4S/c1-10-15(13(4-8-20-10)29-17-22-5-2-6-23-17)25-12-3-7-21-16-14(12)11(24-18(25)26)9-30(16)19(27)28/h2-9H,1H3,(H-,24,26,27,28). The van der Waals surface area contributed by atoms with Crippen LogP contribution in [0.1, 0.15) is 5.69 Å². The first-order valence-electron chi connectivity index (χ1n) is 8.71. The summed E-state index contributed by atoms with van der Waals surface area (Å²) in [6.45, 7) is 1.74. The van der Waals surface area contributed by atoms with Gasteiger partial charge < -0.3 is 20.0 Å². The number of nitrogens with one attached hydrogen (secondary N) is 1. The van der Waals surface area contributed by atoms with Crippen molar-refractivity contribution in [3.63, 3.8) is 0 Å². The molecule has 5 heterocycles. The zero-order valence-electron chi connectivity index (χ0n) is 15.4. The molecule has 5 rings (SSSR count). The van der Waals surface area contributed by atoms with E-state index in [9.17, 15) is 14.7 Å². The molecule has 0 aliphatic carbocycles. The molecule has 0 radical (unpaired) electrons. The fraction of sp³-hybridized carbons (Fsp3) is 0.0526. The molecule has 0 saturated heterocycles. The van der Waals surface area contributed by atoms with Crippen molar-refractivity contribution in [1.82, 2.24) is 19.9 Å². The summed E-state index contributed by atoms with van der Waals surface area (Å²) in [6.07, 6.45) is 6.09. The van der Waals surface area contributed by atoms with Gasteiger partial charge in [-0.15, -0.1) is 0 Å². The summed E-state index contributed by atoms with van der Waals surface area (Å²) in [4.78, 5) is 43.0. The predicted molar refractivity (Wildman–Crippen MR) is 107 cm³/mol. The monoisotopic (exact) mass is 420 g/mol. The Kier molecular flexibility index (Phi) is 4.03. The second-order valence-electron chi connectivity index (χ2n) is 6.27. The van der Waals surface area contributed by atoms with E-state index in [1.807, 2.05) is 0 Å². The molecule has 0 spiro atoms. The first kappa shape index (κ1) is 17.9. The smallest absolute Gasteiger partial charge is 0.331 e. The van der Waals surface area contributed by atoms with Crippen LogP contribution < -0.4 is 20.1 Å². The van der Waals surface area contributed by atoms with Gasteiger partial charge in [0.05, 0.1) is 21.9 Å². The van der Waals surface area contributed by atoms with Crippen molar-refractivity contribution in [3.05, 3.63) is 54.1 Å². The van der Waals surface area contributed by atoms with Crippen LogP contribution in [-0.2, 0) is 0 Å². The number of rotatable bonds is 4. The zero-order chi connectivity index (χ0) is 20.8. The summed E-state index contributed by atoms with van der Waals surface area (Å²) in [7, 11) is -1.36. The fourth-order valence-corrected chi connectivity index (χ4v) is 4.71. The number of aryl methyl sites for hydroxylation is 1. The maximum Gasteiger partial charge on any atom is 0.331 e. The van der Waals surface area contributed by atoms with Crippen molar-refractivity contribution in [3.8, 4) is 11.8 Å². The SMILES string of the molecule is Cc1nccc(Oc2ncccn2)c1N1C(=O)Nc2c[s+](C(=O)[O-])c3nccc1c23. The van der Waals surface area contributed by atoms with E-state index in [4.69, 9.17) is 4.74 Å². The lowest BCUT2D eigenvalue weighted by molar-refractivity contribution is -0.233. The molecule has 0 bridgehead atoms. The maximum atomic E-state index is 13.1. The van der Waals surface area contributed by atoms with Gasteiger partial charge in [0.15, 0.2) is 11.1 Å². The molecule has 1 N–H and O–H groups in total. The number of urea groups is 1. The van der Waals surface area contributed by atoms with Crippen LogP contribution in [0.5, 0.6) is 11.8 Å². The molecule has 148 valence electrons. The number of amides is 2. The quantitative estimate of drug-likeness (QED) is 0.498. The Morgan fingerprint density at radius 2 is 1.90 bits per heavy atom. The number of carbonyl (C=O) groups excluding carboxylic acids is 2. The van der Waals surface area contributed by atoms with Gasteiger partial charge in [0.25, 0.3) is 4.83 Å². The summed E-state index contributed by atoms with van der Waals surface area (Å²) in [6, 6.07) is 4.53. The minimum absolute atomic E-state index is 0.112. The molecule has 1 unspecified atom stereocenters. The minimum atomic E-state index is -1.36. The normalized spacial score (nSPS) is 13.3. The molecule has 1 aliphatic rings. The Balaban J connectivity index is 1.72. The zero-order valence-corrected chi connectivity index (χ0v) is 16.2. The maximum absolute atomic E-state index is 13.1. The van der Waals surface area contributed by atoms with Gasteiger partial charge >= 0.3 is 17.3 Å². The molecule has 4 aromatic rings. The van der Waals surface area contributed by atoms with Crippen molar-refractivity contribution in [1.29, 1.82) is 0 Å². The Morgan fingerprint density at radius 1 is 1.13 bits per heavy atom. The molecular formula is C19H12N6O4S. The highest BCUT2D eigenvalue weighted by Gasteiger charge is 2.36. The van der Waals surface area contributed by atoms with Gasteiger partial charge in [-0.1, -0.05) is 0 Å². The highest BCUT2D eigenvalue weighted by atomic mass is 32.2. The largest absolute Gasteiger partial charge is 0.500 e. The third-order valence-corrected chi connectivity index (χ3v) is 6.07. The third kappa shape index (κ3) is 2.71. The van der Waals surface area contributed by atoms with E-state index >= 15 is 0 Å². The van der Waals surface area contributed by atoms with Crippen LogP contribution in [-0.4, -0.2) is 31.3 Å². The van der Waals surface area contributed by atoms with E-state index in [2.05, 4.69) is 25.3 Å². The van der Waals surface area contributed by atoms with E-state index in [0.29, 0.717) is 38.7 Å². The van der Waals surface area contributed by atoms with Crippen molar-refractivity contribution < 1.29 is 19.4 Å². The van der Waals surface area contributed by atoms with Crippen molar-refractivity contribution in [2.75, 3.05) is 10.2 Å². The minimum Gasteiger partial charge on any atom is -0.500 e. The molecule has 0 saturated carbocycles. The number of hydrogen-bond acceptors (Lipinski definition) is 8. The van der Waals surface area contributed by atoms with Gasteiger partial charge in [0.1, 0.15) is 16.8 Å². The first-order valence-corrected chi connectivity index (χ1v) is 10.00. The second kappa shape index (κ2) is 6.74. The summed E-state index contributed by atoms with van der Waals surface area (Å²) in [5.74, 6) is 0.318. The highest BCUT2D eigenvalue weighted by Crippen LogP contribution is 2.48. The number of pyridine rings is 2. The number of carbonyl (C=O) groups is 2. The number of nitrogens with zero attached hydrogens (tertiary/aromatic N) is 5. The van der Waals surface area contributed by atoms with Gasteiger partial charge in [-0.25, -0.2) is 19.7 Å². The Morgan fingerprint density at radius 3 is 2.67 bits per heavy atom. The van der Waals surface area contributed by atoms with Crippen LogP contribution in [0, 0.1) is 6.92 Å². The van der Waals surface area contributed by atoms with E-state index in [0.717, 1.165) is 0 Å². The Bertz CT molecular complexity index is 1320. The van der Waals surface area contributed by atoms with Gasteiger partial charge in [-0.05, 0) is 19.1 Å². The summed E-state index contributed by atoms with van der Waals surface area (Å²) >= 11 is 0. The van der Waals surface area contributed by atoms with Crippen LogP contribution in [0.3, 0.4) is 0 Å². The highest BCUT2D eigenvalue weighted by molar-refractivity contribution is 7.54. The van der Waals surface area contributed by atoms with Gasteiger partial charge in [-0.3, -0.25) is 9.88 Å². The topological polar surface area (TPSA) is 133 Å². The number of ether oxygens (including phenoxy) is 1. The molecule has 4 aromatic heterocycles. The number of hydrogen-bond donors (Lipinski definition) is 1. The summed E-state index contributed by atoms with van der Waals surface area (Å²) in [5, 5.41) is 15.0. The third-order valence-electron chi connectivity index (χ3n) is 4.51. The second-order valence-corrected chi connectivity index (χ2v) is 7.90. The molecule has 0 fully saturated rings. The number of aromatic nitrogens is 4. The van der Waals surface area contributed by atoms with Gasteiger partial charge in [0, 0.05) is 30.9 Å². The molecule has 10 nitrogen and oxygen atoms in total. The van der Waals surface area contributed by atoms with Crippen LogP contribution in [0.2, 0.25) is 0 Å². The van der Waals surface area contributed by atoms with Gasteiger partial charge in [-0.2, -0.15) is 0 Å². The lowest BCUT2D eigenvalue weighted by Crippen LogP contribution is -2.34. The molecule has 1 aliphatic heterocycles. The average Bonchev–Trinajstić information content (AvgIpc) is 3.10. The van der Waals surface area contributed by atoms with Crippen molar-refractivity contribution in [2.45, 2.75) is 6.92 Å². The Labute approximate surface area is 171 Å². The molecule has 1 atom stereocenters. The molecule has 2 amide bonds. The molecule has 30 heavy (non-hydrogen) atoms. The molecular weight excluding hydrogens is 408 g/mol. The number of carboxylic acid groups (broad SMARTS) is 1. The lowest BCUT2D eigenvalue weighted by Gasteiger charge is -2.28. The summed E-state index contributed by atoms with van der Waals surface area (Å²) < 4.78 is 5.82. The van der Waals surface area contributed by atoms with Gasteiger partial charge in [0.2, 0.25) is 0 Å². The lowest BCUT2D eigenvalue weighted by atomic mass is 10.1. The van der Waals surface area contributed by atoms with E-state index in [-0.39, 0.29) is 6.01 Å². The van der Waals surface area contributed by atoms with E-state index in [1.54, 1.807) is 31.3 Å². The van der Waals surface area contributed by atoms with E-state index < -0.39 is 21.8 Å². The van der Waals surface area contributed by atoms with E-state index in [1.165, 1.54) is 28.9 Å². The average molecular weight is 420 g/mol. The predicted octanol–water partition coefficient (Wildman–Crippen LogP) is 3.14. The van der Waals surface area contributed by atoms with Crippen molar-refractivity contribution in [2.24, 2.45) is 0 Å². The molecule has 11 heteroatoms. The fourth-order valence-electron chi connectivity index (χ4n) is 3.32. The first-order chi connectivity index (χ1) is 14.5. The molecule has 0 aromatic carbocycles. The number of thiophene rings is 1. The van der Waals surface area contributed by atoms with Crippen LogP contribution >= 0.6 is 10.5 Å². The summed E-state index contributed by atoms with van der Waals surface area (Å²) in [5.41, 5.74) is 1.78. The number of anilines is 3. The van der Waals surface area contributed by atoms with Crippen LogP contribution in [0.15, 0.2) is 48.4 Å². The Hall–Kier alpha value is -4.12. The van der Waals surface area contributed by atoms with Crippen LogP contribution in [0.4, 0.5) is 26.7 Å². The van der Waals surface area contributed by atoms with Crippen molar-refractivity contribution >= 4 is 49.1 Å².